The molecule has 534 valence electrons. The smallest absolute Gasteiger partial charge is 0.255 e. The van der Waals surface area contributed by atoms with Crippen molar-refractivity contribution in [2.24, 2.45) is 0 Å². The van der Waals surface area contributed by atoms with E-state index >= 15 is 0 Å². The highest BCUT2D eigenvalue weighted by Gasteiger charge is 2.17. The summed E-state index contributed by atoms with van der Waals surface area (Å²) in [6.07, 6.45) is 11.6. The van der Waals surface area contributed by atoms with Gasteiger partial charge in [-0.3, -0.25) is 29.3 Å². The van der Waals surface area contributed by atoms with Gasteiger partial charge in [-0.2, -0.15) is 0 Å². The van der Waals surface area contributed by atoms with Crippen molar-refractivity contribution in [3.8, 4) is 50.8 Å². The van der Waals surface area contributed by atoms with Gasteiger partial charge < -0.3 is 45.6 Å². The molecule has 15 rings (SSSR count). The number of carbonyl (C=O) groups is 3. The third kappa shape index (κ3) is 18.5. The molecular formula is C86H77N19O3. The number of imidazole rings is 1. The summed E-state index contributed by atoms with van der Waals surface area (Å²) >= 11 is 0. The maximum Gasteiger partial charge on any atom is 0.255 e. The highest BCUT2D eigenvalue weighted by atomic mass is 16.2. The second kappa shape index (κ2) is 32.9. The Bertz CT molecular complexity index is 7320. The van der Waals surface area contributed by atoms with Crippen LogP contribution in [0.1, 0.15) is 125 Å². The van der Waals surface area contributed by atoms with Gasteiger partial charge >= 0.3 is 0 Å². The van der Waals surface area contributed by atoms with Gasteiger partial charge in [0.1, 0.15) is 1.37 Å². The first-order chi connectivity index (χ1) is 65.7. The van der Waals surface area contributed by atoms with Gasteiger partial charge in [0.05, 0.1) is 63.3 Å². The van der Waals surface area contributed by atoms with Crippen molar-refractivity contribution in [2.45, 2.75) is 62.2 Å². The summed E-state index contributed by atoms with van der Waals surface area (Å²) in [4.78, 5) is 82.1. The molecule has 6 aromatic carbocycles. The van der Waals surface area contributed by atoms with E-state index in [1.54, 1.807) is 91.1 Å². The SMILES string of the molecule is [2H]c1c(C)c([2H])c(-n2c([2H])cc(C)c2[2H])c([2H])c1NC(=O)c1c([2H])c([2H])c(C([2H])([2H])[2H])c(Nc2nccc(-c3cccnc3)n2)c1[2H].[2H]c1c(C)c([2H])c(-n2c([2H])nc(C)c2[2H])c([2H])c1NC(=O)c1c([2H])c([2H])c(C([2H])([2H])[2H])c(Nc2nccc(-c3cccnc3)n2)c1[2H].[2H]c1nc([2H])c(-c2ccnc(Nc3c([2H])c(C(=O)Nc4c([2H])c(C)c([2H])c(-n5ccc(C)c5)c4[2H])c([2H])c([2H])c3C)n2)c([2H])c1[2H]. The molecule has 0 bridgehead atoms. The Morgan fingerprint density at radius 2 is 0.880 bits per heavy atom. The van der Waals surface area contributed by atoms with Crippen LogP contribution in [0.4, 0.5) is 52.0 Å². The number of pyridine rings is 3. The molecule has 0 saturated heterocycles. The molecular weight excluding hydrogens is 1350 g/mol. The molecule has 0 spiro atoms. The average molecular weight is 1460 g/mol. The normalized spacial score (nSPS) is 15.2. The summed E-state index contributed by atoms with van der Waals surface area (Å²) in [6.45, 7) is 4.63. The van der Waals surface area contributed by atoms with Crippen molar-refractivity contribution in [2.75, 3.05) is 31.9 Å². The predicted molar refractivity (Wildman–Crippen MR) is 427 cm³/mol. The van der Waals surface area contributed by atoms with E-state index in [4.69, 9.17) is 43.9 Å². The molecule has 3 amide bonds. The number of nitrogens with zero attached hydrogens (tertiary/aromatic N) is 13. The monoisotopic (exact) mass is 1460 g/mol. The van der Waals surface area contributed by atoms with Crippen LogP contribution in [-0.4, -0.2) is 81.3 Å². The van der Waals surface area contributed by atoms with E-state index in [0.29, 0.717) is 28.1 Å². The van der Waals surface area contributed by atoms with Crippen molar-refractivity contribution < 1.29 is 58.2 Å². The first-order valence-corrected chi connectivity index (χ1v) is 32.3. The molecule has 15 aromatic rings. The van der Waals surface area contributed by atoms with E-state index in [9.17, 15) is 14.4 Å². The van der Waals surface area contributed by atoms with Crippen LogP contribution in [0.3, 0.4) is 0 Å². The molecule has 0 saturated carbocycles. The van der Waals surface area contributed by atoms with E-state index < -0.39 is 185 Å². The summed E-state index contributed by atoms with van der Waals surface area (Å²) in [5.74, 6) is -3.92. The van der Waals surface area contributed by atoms with Gasteiger partial charge in [-0.1, -0.05) is 18.1 Å². The fourth-order valence-electron chi connectivity index (χ4n) is 9.78. The summed E-state index contributed by atoms with van der Waals surface area (Å²) < 4.78 is 272. The molecule has 108 heavy (non-hydrogen) atoms. The van der Waals surface area contributed by atoms with Crippen LogP contribution in [0.5, 0.6) is 0 Å². The quantitative estimate of drug-likeness (QED) is 0.0466. The van der Waals surface area contributed by atoms with E-state index in [1.807, 2.05) is 6.92 Å². The number of hydrogen-bond donors (Lipinski definition) is 6. The molecule has 22 nitrogen and oxygen atoms in total. The molecule has 0 unspecified atom stereocenters. The molecule has 9 aromatic heterocycles. The van der Waals surface area contributed by atoms with Crippen molar-refractivity contribution in [3.63, 3.8) is 0 Å². The fourth-order valence-corrected chi connectivity index (χ4v) is 9.78. The number of anilines is 9. The Kier molecular flexibility index (Phi) is 12.9. The fraction of sp³-hybridized carbons (Fsp3) is 0.105. The maximum absolute atomic E-state index is 13.8. The van der Waals surface area contributed by atoms with Crippen molar-refractivity contribution in [1.29, 1.82) is 0 Å². The Morgan fingerprint density at radius 3 is 1.31 bits per heavy atom. The second-order valence-electron chi connectivity index (χ2n) is 23.1. The Labute approximate surface area is 670 Å². The molecule has 0 fully saturated rings. The van der Waals surface area contributed by atoms with Crippen LogP contribution < -0.4 is 31.9 Å². The minimum absolute atomic E-state index is 0.0134. The zero-order valence-electron chi connectivity index (χ0n) is 89.9. The lowest BCUT2D eigenvalue weighted by atomic mass is 10.1. The number of aryl methyl sites for hydroxylation is 3. The first-order valence-electron chi connectivity index (χ1n) is 48.3. The third-order valence-electron chi connectivity index (χ3n) is 14.8. The Morgan fingerprint density at radius 1 is 0.417 bits per heavy atom. The molecule has 6 N–H and O–H groups in total. The van der Waals surface area contributed by atoms with E-state index in [1.165, 1.54) is 65.3 Å². The van der Waals surface area contributed by atoms with Crippen LogP contribution in [-0.2, 0) is 0 Å². The maximum atomic E-state index is 13.8. The lowest BCUT2D eigenvalue weighted by Crippen LogP contribution is -2.13. The zero-order valence-corrected chi connectivity index (χ0v) is 57.9. The molecule has 0 aliphatic heterocycles. The highest BCUT2D eigenvalue weighted by molar-refractivity contribution is 6.07. The standard InChI is InChI=1S/2C29H26N6O.C28H25N7O/c2*1-19-9-12-35(18-19)25-14-20(2)13-24(16-25)32-28(36)22-7-6-21(3)27(15-22)34-29-31-11-8-26(33-29)23-5-4-10-30-17-23;1-18-11-23(14-24(12-18)35-16-20(3)31-17-35)32-27(36)21-7-6-19(2)26(13-21)34-28-30-10-8-25(33-28)22-5-4-9-29-15-22/h2*4-18H,1-3H3,(H,32,36)(H,31,33,34);4-17H,1-3H3,(H,32,36)(H,30,33,34)/i4D,5D,6D,7D,10D,13D,14D,15D,16D,17D;3D3,6D,7D,12D,13D,14D,15D,16D,18D;2D3,6D,7D,11D,12D,13D,14D,16D,17D. The van der Waals surface area contributed by atoms with Gasteiger partial charge in [-0.15, -0.1) is 0 Å². The summed E-state index contributed by atoms with van der Waals surface area (Å²) in [6, 6.07) is 3.71. The first kappa shape index (κ1) is 42.4. The van der Waals surface area contributed by atoms with Gasteiger partial charge in [0.25, 0.3) is 17.7 Å². The Hall–Kier alpha value is -14.4. The van der Waals surface area contributed by atoms with Crippen LogP contribution in [0.2, 0.25) is 0 Å². The van der Waals surface area contributed by atoms with Crippen LogP contribution in [0.25, 0.3) is 50.8 Å². The summed E-state index contributed by atoms with van der Waals surface area (Å²) in [7, 11) is 0. The van der Waals surface area contributed by atoms with Gasteiger partial charge in [-0.25, -0.2) is 34.9 Å². The Balaban J connectivity index is 0.000000177. The summed E-state index contributed by atoms with van der Waals surface area (Å²) in [5.41, 5.74) is -2.41. The topological polar surface area (TPSA) is 267 Å². The van der Waals surface area contributed by atoms with E-state index in [2.05, 4.69) is 81.7 Å². The highest BCUT2D eigenvalue weighted by Crippen LogP contribution is 2.30. The van der Waals surface area contributed by atoms with Gasteiger partial charge in [0.2, 0.25) is 17.8 Å². The third-order valence-corrected chi connectivity index (χ3v) is 14.8. The number of rotatable bonds is 18. The molecule has 0 atom stereocenters. The summed E-state index contributed by atoms with van der Waals surface area (Å²) in [5, 5.41) is 15.2. The molecule has 0 aliphatic rings. The van der Waals surface area contributed by atoms with Crippen molar-refractivity contribution in [1.82, 2.24) is 63.5 Å². The van der Waals surface area contributed by atoms with Gasteiger partial charge in [0.15, 0.2) is 0 Å². The molecule has 0 aliphatic carbocycles. The van der Waals surface area contributed by atoms with Crippen LogP contribution in [0.15, 0.2) is 268 Å². The van der Waals surface area contributed by atoms with Crippen molar-refractivity contribution in [3.05, 3.63) is 335 Å². The zero-order chi connectivity index (χ0) is 103. The number of benzene rings is 6. The number of amides is 3. The average Bonchev–Trinajstić information content (AvgIpc) is 1.07. The second-order valence-corrected chi connectivity index (χ2v) is 23.1. The lowest BCUT2D eigenvalue weighted by molar-refractivity contribution is 0.101. The van der Waals surface area contributed by atoms with Crippen molar-refractivity contribution >= 4 is 69.7 Å². The van der Waals surface area contributed by atoms with Gasteiger partial charge in [0, 0.05) is 179 Å². The molecule has 9 heterocycles. The lowest BCUT2D eigenvalue weighted by Gasteiger charge is -2.13. The largest absolute Gasteiger partial charge is 0.324 e. The van der Waals surface area contributed by atoms with E-state index in [-0.39, 0.29) is 140 Å². The van der Waals surface area contributed by atoms with Gasteiger partial charge in [-0.05, 0) is 264 Å². The van der Waals surface area contributed by atoms with Crippen LogP contribution in [0, 0.1) is 62.2 Å². The molecule has 22 heteroatoms. The number of hydrogen-bond acceptors (Lipinski definition) is 16. The minimum atomic E-state index is -3.01. The number of nitrogens with one attached hydrogen (secondary N) is 6. The number of carbonyl (C=O) groups excluding carboxylic acids is 3. The minimum Gasteiger partial charge on any atom is -0.324 e. The van der Waals surface area contributed by atoms with Crippen LogP contribution >= 0.6 is 0 Å². The molecule has 0 radical (unpaired) electrons. The predicted octanol–water partition coefficient (Wildman–Crippen LogP) is 18.1. The number of aromatic nitrogens is 13. The van der Waals surface area contributed by atoms with E-state index in [0.717, 1.165) is 14.7 Å².